The van der Waals surface area contributed by atoms with Crippen LogP contribution in [-0.4, -0.2) is 62.4 Å². The molecule has 1 aromatic carbocycles. The summed E-state index contributed by atoms with van der Waals surface area (Å²) in [5, 5.41) is 7.08. The number of nitrogens with one attached hydrogen (secondary N) is 2. The van der Waals surface area contributed by atoms with Gasteiger partial charge in [-0.15, -0.1) is 24.0 Å². The maximum Gasteiger partial charge on any atom is 0.191 e. The summed E-state index contributed by atoms with van der Waals surface area (Å²) in [6, 6.07) is 15.3. The molecule has 8 heteroatoms. The van der Waals surface area contributed by atoms with E-state index in [4.69, 9.17) is 9.73 Å². The van der Waals surface area contributed by atoms with Gasteiger partial charge >= 0.3 is 0 Å². The zero-order valence-corrected chi connectivity index (χ0v) is 22.1. The lowest BCUT2D eigenvalue weighted by molar-refractivity contribution is 0.0529. The van der Waals surface area contributed by atoms with Gasteiger partial charge in [0.1, 0.15) is 5.82 Å². The summed E-state index contributed by atoms with van der Waals surface area (Å²) in [5.41, 5.74) is 2.46. The zero-order chi connectivity index (χ0) is 22.2. The summed E-state index contributed by atoms with van der Waals surface area (Å²) in [5.74, 6) is 1.89. The number of hydrogen-bond donors (Lipinski definition) is 2. The number of guanidine groups is 1. The van der Waals surface area contributed by atoms with Crippen molar-refractivity contribution in [1.29, 1.82) is 0 Å². The van der Waals surface area contributed by atoms with E-state index in [2.05, 4.69) is 81.7 Å². The Morgan fingerprint density at radius 2 is 2.00 bits per heavy atom. The van der Waals surface area contributed by atoms with Crippen molar-refractivity contribution in [2.45, 2.75) is 45.4 Å². The molecule has 2 atom stereocenters. The SMILES string of the molecule is CCNC(=NCc1ccnc(N2CCOC(C)C2)c1)NC1CCCN(c2ccccc2)C1.I. The van der Waals surface area contributed by atoms with E-state index in [0.717, 1.165) is 57.5 Å². The summed E-state index contributed by atoms with van der Waals surface area (Å²) in [7, 11) is 0. The minimum absolute atomic E-state index is 0. The molecule has 0 bridgehead atoms. The van der Waals surface area contributed by atoms with Crippen LogP contribution >= 0.6 is 24.0 Å². The summed E-state index contributed by atoms with van der Waals surface area (Å²) < 4.78 is 5.66. The minimum atomic E-state index is 0. The highest BCUT2D eigenvalue weighted by molar-refractivity contribution is 14.0. The normalized spacial score (nSPS) is 21.3. The van der Waals surface area contributed by atoms with Gasteiger partial charge in [-0.1, -0.05) is 18.2 Å². The molecule has 0 saturated carbocycles. The van der Waals surface area contributed by atoms with Crippen LogP contribution in [0.25, 0.3) is 0 Å². The molecule has 2 aliphatic heterocycles. The van der Waals surface area contributed by atoms with Gasteiger partial charge in [-0.25, -0.2) is 9.98 Å². The van der Waals surface area contributed by atoms with E-state index in [1.165, 1.54) is 17.7 Å². The van der Waals surface area contributed by atoms with E-state index >= 15 is 0 Å². The lowest BCUT2D eigenvalue weighted by Crippen LogP contribution is -2.51. The molecule has 2 unspecified atom stereocenters. The van der Waals surface area contributed by atoms with Crippen LogP contribution in [0.15, 0.2) is 53.7 Å². The number of aromatic nitrogens is 1. The molecule has 2 fully saturated rings. The maximum atomic E-state index is 5.66. The molecule has 33 heavy (non-hydrogen) atoms. The van der Waals surface area contributed by atoms with Gasteiger partial charge < -0.3 is 25.2 Å². The van der Waals surface area contributed by atoms with Crippen LogP contribution in [0.3, 0.4) is 0 Å². The van der Waals surface area contributed by atoms with E-state index < -0.39 is 0 Å². The van der Waals surface area contributed by atoms with Crippen LogP contribution in [0.2, 0.25) is 0 Å². The van der Waals surface area contributed by atoms with Crippen molar-refractivity contribution >= 4 is 41.4 Å². The van der Waals surface area contributed by atoms with Crippen molar-refractivity contribution in [2.24, 2.45) is 4.99 Å². The summed E-state index contributed by atoms with van der Waals surface area (Å²) in [4.78, 5) is 14.2. The number of benzene rings is 1. The monoisotopic (exact) mass is 564 g/mol. The number of piperidine rings is 1. The van der Waals surface area contributed by atoms with E-state index in [1.807, 2.05) is 6.20 Å². The van der Waals surface area contributed by atoms with E-state index in [-0.39, 0.29) is 30.1 Å². The topological polar surface area (TPSA) is 65.0 Å². The fourth-order valence-corrected chi connectivity index (χ4v) is 4.41. The van der Waals surface area contributed by atoms with Crippen molar-refractivity contribution < 1.29 is 4.74 Å². The lowest BCUT2D eigenvalue weighted by Gasteiger charge is -2.35. The zero-order valence-electron chi connectivity index (χ0n) is 19.7. The molecule has 4 rings (SSSR count). The van der Waals surface area contributed by atoms with Crippen molar-refractivity contribution in [3.8, 4) is 0 Å². The Hall–Kier alpha value is -2.07. The molecule has 1 aromatic heterocycles. The van der Waals surface area contributed by atoms with Gasteiger partial charge in [0.25, 0.3) is 0 Å². The fraction of sp³-hybridized carbons (Fsp3) is 0.520. The molecular weight excluding hydrogens is 527 g/mol. The van der Waals surface area contributed by atoms with Gasteiger partial charge in [0.15, 0.2) is 5.96 Å². The average Bonchev–Trinajstić information content (AvgIpc) is 2.84. The molecular formula is C25H37IN6O. The Kier molecular flexibility index (Phi) is 10.1. The fourth-order valence-electron chi connectivity index (χ4n) is 4.41. The number of para-hydroxylation sites is 1. The quantitative estimate of drug-likeness (QED) is 0.318. The van der Waals surface area contributed by atoms with E-state index in [9.17, 15) is 0 Å². The van der Waals surface area contributed by atoms with E-state index in [0.29, 0.717) is 12.6 Å². The Labute approximate surface area is 215 Å². The minimum Gasteiger partial charge on any atom is -0.375 e. The molecule has 180 valence electrons. The van der Waals surface area contributed by atoms with Crippen molar-refractivity contribution in [3.05, 3.63) is 54.2 Å². The number of pyridine rings is 1. The first-order valence-corrected chi connectivity index (χ1v) is 11.9. The number of morpholine rings is 1. The molecule has 3 heterocycles. The first-order chi connectivity index (χ1) is 15.7. The van der Waals surface area contributed by atoms with Gasteiger partial charge in [0, 0.05) is 50.6 Å². The molecule has 2 aromatic rings. The van der Waals surface area contributed by atoms with Crippen molar-refractivity contribution in [1.82, 2.24) is 15.6 Å². The van der Waals surface area contributed by atoms with E-state index in [1.54, 1.807) is 0 Å². The third-order valence-electron chi connectivity index (χ3n) is 6.02. The highest BCUT2D eigenvalue weighted by Crippen LogP contribution is 2.20. The smallest absolute Gasteiger partial charge is 0.191 e. The predicted octanol–water partition coefficient (Wildman–Crippen LogP) is 3.65. The number of aliphatic imine (C=N–C) groups is 1. The van der Waals surface area contributed by atoms with Crippen LogP contribution in [0.1, 0.15) is 32.3 Å². The third-order valence-corrected chi connectivity index (χ3v) is 6.02. The largest absolute Gasteiger partial charge is 0.375 e. The Morgan fingerprint density at radius 3 is 2.79 bits per heavy atom. The first-order valence-electron chi connectivity index (χ1n) is 11.9. The second-order valence-corrected chi connectivity index (χ2v) is 8.61. The molecule has 7 nitrogen and oxygen atoms in total. The van der Waals surface area contributed by atoms with Crippen LogP contribution in [0.5, 0.6) is 0 Å². The highest BCUT2D eigenvalue weighted by atomic mass is 127. The van der Waals surface area contributed by atoms with Crippen molar-refractivity contribution in [3.63, 3.8) is 0 Å². The van der Waals surface area contributed by atoms with Crippen molar-refractivity contribution in [2.75, 3.05) is 49.1 Å². The summed E-state index contributed by atoms with van der Waals surface area (Å²) in [6.07, 6.45) is 4.46. The Bertz CT molecular complexity index is 880. The maximum absolute atomic E-state index is 5.66. The molecule has 2 aliphatic rings. The van der Waals surface area contributed by atoms with Gasteiger partial charge in [-0.2, -0.15) is 0 Å². The molecule has 0 radical (unpaired) electrons. The van der Waals surface area contributed by atoms with Gasteiger partial charge in [-0.05, 0) is 56.5 Å². The number of anilines is 2. The van der Waals surface area contributed by atoms with Crippen LogP contribution in [-0.2, 0) is 11.3 Å². The van der Waals surface area contributed by atoms with Gasteiger partial charge in [-0.3, -0.25) is 0 Å². The lowest BCUT2D eigenvalue weighted by atomic mass is 10.1. The Morgan fingerprint density at radius 1 is 1.15 bits per heavy atom. The van der Waals surface area contributed by atoms with Gasteiger partial charge in [0.2, 0.25) is 0 Å². The van der Waals surface area contributed by atoms with Crippen LogP contribution in [0.4, 0.5) is 11.5 Å². The second-order valence-electron chi connectivity index (χ2n) is 8.61. The predicted molar refractivity (Wildman–Crippen MR) is 147 cm³/mol. The first kappa shape index (κ1) is 25.6. The van der Waals surface area contributed by atoms with Crippen LogP contribution in [0, 0.1) is 0 Å². The molecule has 0 amide bonds. The number of hydrogen-bond acceptors (Lipinski definition) is 5. The molecule has 2 N–H and O–H groups in total. The standard InChI is InChI=1S/C25H36N6O.HI/c1-3-26-25(29-22-8-7-13-30(19-22)23-9-5-4-6-10-23)28-17-21-11-12-27-24(16-21)31-14-15-32-20(2)18-31;/h4-6,9-12,16,20,22H,3,7-8,13-15,17-19H2,1-2H3,(H2,26,28,29);1H. The number of rotatable bonds is 6. The second kappa shape index (κ2) is 13.0. The number of halogens is 1. The summed E-state index contributed by atoms with van der Waals surface area (Å²) >= 11 is 0. The number of nitrogens with zero attached hydrogens (tertiary/aromatic N) is 4. The molecule has 0 spiro atoms. The number of ether oxygens (including phenoxy) is 1. The highest BCUT2D eigenvalue weighted by Gasteiger charge is 2.21. The molecule has 2 saturated heterocycles. The Balaban J connectivity index is 0.00000306. The summed E-state index contributed by atoms with van der Waals surface area (Å²) in [6.45, 7) is 10.3. The van der Waals surface area contributed by atoms with Gasteiger partial charge in [0.05, 0.1) is 19.3 Å². The third kappa shape index (κ3) is 7.46. The van der Waals surface area contributed by atoms with Crippen LogP contribution < -0.4 is 20.4 Å². The molecule has 0 aliphatic carbocycles. The average molecular weight is 565 g/mol.